The highest BCUT2D eigenvalue weighted by Crippen LogP contribution is 2.29. The van der Waals surface area contributed by atoms with Gasteiger partial charge in [0.15, 0.2) is 22.5 Å². The van der Waals surface area contributed by atoms with Crippen molar-refractivity contribution >= 4 is 23.4 Å². The molecule has 0 aliphatic carbocycles. The lowest BCUT2D eigenvalue weighted by Crippen LogP contribution is -2.15. The number of hydrogen-bond donors (Lipinski definition) is 1. The van der Waals surface area contributed by atoms with E-state index in [-0.39, 0.29) is 18.3 Å². The molecule has 7 nitrogen and oxygen atoms in total. The first-order chi connectivity index (χ1) is 14.9. The second kappa shape index (κ2) is 10.3. The van der Waals surface area contributed by atoms with E-state index in [4.69, 9.17) is 9.47 Å². The molecular weight excluding hydrogens is 419 g/mol. The Morgan fingerprint density at radius 1 is 1.16 bits per heavy atom. The van der Waals surface area contributed by atoms with Gasteiger partial charge in [-0.1, -0.05) is 23.9 Å². The summed E-state index contributed by atoms with van der Waals surface area (Å²) in [4.78, 5) is 12.3. The van der Waals surface area contributed by atoms with Gasteiger partial charge in [0.1, 0.15) is 12.4 Å². The van der Waals surface area contributed by atoms with Crippen LogP contribution in [0, 0.1) is 19.7 Å². The van der Waals surface area contributed by atoms with Crippen molar-refractivity contribution in [3.8, 4) is 11.5 Å². The third-order valence-corrected chi connectivity index (χ3v) is 5.56. The van der Waals surface area contributed by atoms with Crippen LogP contribution in [0.15, 0.2) is 41.6 Å². The minimum absolute atomic E-state index is 0.126. The molecular formula is C22H25FN4O3S. The summed E-state index contributed by atoms with van der Waals surface area (Å²) in [7, 11) is 1.60. The zero-order chi connectivity index (χ0) is 22.4. The number of aryl methyl sites for hydroxylation is 2. The second-order valence-corrected chi connectivity index (χ2v) is 7.82. The Balaban J connectivity index is 1.62. The van der Waals surface area contributed by atoms with Crippen LogP contribution in [-0.4, -0.2) is 33.5 Å². The van der Waals surface area contributed by atoms with Gasteiger partial charge in [0.05, 0.1) is 12.9 Å². The van der Waals surface area contributed by atoms with E-state index in [0.717, 1.165) is 11.1 Å². The molecule has 0 spiro atoms. The fraction of sp³-hybridized carbons (Fsp3) is 0.318. The average Bonchev–Trinajstić information content (AvgIpc) is 3.15. The smallest absolute Gasteiger partial charge is 0.234 e. The van der Waals surface area contributed by atoms with Crippen LogP contribution in [0.5, 0.6) is 11.5 Å². The molecule has 0 fully saturated rings. The Morgan fingerprint density at radius 2 is 1.97 bits per heavy atom. The standard InChI is InChI=1S/C22H25FN4O3S/c1-5-27-20(12-30-18-9-6-14(2)10-19(18)29-4)25-26-22(27)31-13-21(28)24-17-11-16(23)8-7-15(17)3/h6-11H,5,12-13H2,1-4H3,(H,24,28). The largest absolute Gasteiger partial charge is 0.493 e. The van der Waals surface area contributed by atoms with Crippen LogP contribution in [0.4, 0.5) is 10.1 Å². The molecule has 2 aromatic carbocycles. The van der Waals surface area contributed by atoms with Crippen LogP contribution in [0.2, 0.25) is 0 Å². The highest BCUT2D eigenvalue weighted by molar-refractivity contribution is 7.99. The molecule has 1 N–H and O–H groups in total. The number of anilines is 1. The monoisotopic (exact) mass is 444 g/mol. The number of rotatable bonds is 9. The van der Waals surface area contributed by atoms with Crippen LogP contribution >= 0.6 is 11.8 Å². The van der Waals surface area contributed by atoms with Crippen molar-refractivity contribution in [2.24, 2.45) is 0 Å². The molecule has 0 saturated heterocycles. The highest BCUT2D eigenvalue weighted by Gasteiger charge is 2.15. The maximum atomic E-state index is 13.4. The minimum atomic E-state index is -0.394. The Morgan fingerprint density at radius 3 is 2.71 bits per heavy atom. The molecule has 1 aromatic heterocycles. The summed E-state index contributed by atoms with van der Waals surface area (Å²) in [6, 6.07) is 10.00. The molecule has 0 unspecified atom stereocenters. The summed E-state index contributed by atoms with van der Waals surface area (Å²) in [5.74, 6) is 1.41. The number of amides is 1. The van der Waals surface area contributed by atoms with Crippen molar-refractivity contribution in [2.75, 3.05) is 18.2 Å². The van der Waals surface area contributed by atoms with Gasteiger partial charge in [-0.15, -0.1) is 10.2 Å². The van der Waals surface area contributed by atoms with Crippen LogP contribution in [0.3, 0.4) is 0 Å². The lowest BCUT2D eigenvalue weighted by Gasteiger charge is -2.12. The molecule has 0 saturated carbocycles. The molecule has 1 amide bonds. The first-order valence-corrected chi connectivity index (χ1v) is 10.8. The van der Waals surface area contributed by atoms with Crippen LogP contribution in [-0.2, 0) is 17.9 Å². The van der Waals surface area contributed by atoms with Gasteiger partial charge < -0.3 is 19.4 Å². The van der Waals surface area contributed by atoms with Gasteiger partial charge in [-0.3, -0.25) is 4.79 Å². The minimum Gasteiger partial charge on any atom is -0.493 e. The Kier molecular flexibility index (Phi) is 7.51. The predicted octanol–water partition coefficient (Wildman–Crippen LogP) is 4.37. The van der Waals surface area contributed by atoms with Crippen molar-refractivity contribution in [1.29, 1.82) is 0 Å². The molecule has 164 valence electrons. The van der Waals surface area contributed by atoms with Gasteiger partial charge in [0.25, 0.3) is 0 Å². The van der Waals surface area contributed by atoms with E-state index in [1.54, 1.807) is 13.2 Å². The van der Waals surface area contributed by atoms with Gasteiger partial charge in [-0.2, -0.15) is 0 Å². The van der Waals surface area contributed by atoms with Crippen molar-refractivity contribution in [3.63, 3.8) is 0 Å². The number of nitrogens with one attached hydrogen (secondary N) is 1. The molecule has 3 aromatic rings. The Hall–Kier alpha value is -3.07. The molecule has 0 bridgehead atoms. The van der Waals surface area contributed by atoms with Gasteiger partial charge in [-0.25, -0.2) is 4.39 Å². The number of halogens is 1. The molecule has 0 atom stereocenters. The number of hydrogen-bond acceptors (Lipinski definition) is 6. The van der Waals surface area contributed by atoms with Crippen LogP contribution < -0.4 is 14.8 Å². The molecule has 0 aliphatic heterocycles. The molecule has 3 rings (SSSR count). The van der Waals surface area contributed by atoms with Gasteiger partial charge in [-0.05, 0) is 56.2 Å². The van der Waals surface area contributed by atoms with Gasteiger partial charge >= 0.3 is 0 Å². The Bertz CT molecular complexity index is 1070. The lowest BCUT2D eigenvalue weighted by atomic mass is 10.2. The molecule has 0 radical (unpaired) electrons. The van der Waals surface area contributed by atoms with Crippen LogP contribution in [0.1, 0.15) is 23.9 Å². The van der Waals surface area contributed by atoms with E-state index in [1.807, 2.05) is 43.5 Å². The van der Waals surface area contributed by atoms with Gasteiger partial charge in [0.2, 0.25) is 5.91 Å². The van der Waals surface area contributed by atoms with Crippen molar-refractivity contribution < 1.29 is 18.7 Å². The third kappa shape index (κ3) is 5.75. The predicted molar refractivity (Wildman–Crippen MR) is 118 cm³/mol. The van der Waals surface area contributed by atoms with E-state index < -0.39 is 5.82 Å². The SMILES string of the molecule is CCn1c(COc2ccc(C)cc2OC)nnc1SCC(=O)Nc1cc(F)ccc1C. The number of thioether (sulfide) groups is 1. The highest BCUT2D eigenvalue weighted by atomic mass is 32.2. The lowest BCUT2D eigenvalue weighted by molar-refractivity contribution is -0.113. The summed E-state index contributed by atoms with van der Waals surface area (Å²) in [6.07, 6.45) is 0. The molecule has 31 heavy (non-hydrogen) atoms. The summed E-state index contributed by atoms with van der Waals surface area (Å²) >= 11 is 1.26. The Labute approximate surface area is 185 Å². The maximum Gasteiger partial charge on any atom is 0.234 e. The van der Waals surface area contributed by atoms with E-state index in [9.17, 15) is 9.18 Å². The fourth-order valence-corrected chi connectivity index (χ4v) is 3.75. The number of nitrogens with zero attached hydrogens (tertiary/aromatic N) is 3. The van der Waals surface area contributed by atoms with E-state index in [0.29, 0.717) is 34.7 Å². The summed E-state index contributed by atoms with van der Waals surface area (Å²) in [5, 5.41) is 11.7. The molecule has 1 heterocycles. The number of aromatic nitrogens is 3. The number of benzene rings is 2. The van der Waals surface area contributed by atoms with Crippen molar-refractivity contribution in [3.05, 3.63) is 59.2 Å². The number of carbonyl (C=O) groups excluding carboxylic acids is 1. The zero-order valence-electron chi connectivity index (χ0n) is 17.9. The third-order valence-electron chi connectivity index (χ3n) is 4.59. The van der Waals surface area contributed by atoms with Gasteiger partial charge in [0, 0.05) is 12.2 Å². The zero-order valence-corrected chi connectivity index (χ0v) is 18.8. The second-order valence-electron chi connectivity index (χ2n) is 6.88. The fourth-order valence-electron chi connectivity index (χ4n) is 2.93. The molecule has 9 heteroatoms. The number of ether oxygens (including phenoxy) is 2. The first-order valence-electron chi connectivity index (χ1n) is 9.79. The van der Waals surface area contributed by atoms with Crippen LogP contribution in [0.25, 0.3) is 0 Å². The normalized spacial score (nSPS) is 10.7. The summed E-state index contributed by atoms with van der Waals surface area (Å²) < 4.78 is 26.6. The average molecular weight is 445 g/mol. The summed E-state index contributed by atoms with van der Waals surface area (Å²) in [5.41, 5.74) is 2.33. The van der Waals surface area contributed by atoms with E-state index in [1.165, 1.54) is 23.9 Å². The van der Waals surface area contributed by atoms with Crippen molar-refractivity contribution in [1.82, 2.24) is 14.8 Å². The number of methoxy groups -OCH3 is 1. The van der Waals surface area contributed by atoms with Crippen molar-refractivity contribution in [2.45, 2.75) is 39.1 Å². The summed E-state index contributed by atoms with van der Waals surface area (Å²) in [6.45, 7) is 6.61. The quantitative estimate of drug-likeness (QED) is 0.494. The van der Waals surface area contributed by atoms with E-state index in [2.05, 4.69) is 15.5 Å². The molecule has 0 aliphatic rings. The number of carbonyl (C=O) groups is 1. The first kappa shape index (κ1) is 22.6. The maximum absolute atomic E-state index is 13.4. The van der Waals surface area contributed by atoms with E-state index >= 15 is 0 Å². The topological polar surface area (TPSA) is 78.3 Å².